The number of aryl methyl sites for hydroxylation is 1. The van der Waals surface area contributed by atoms with Crippen LogP contribution in [0.2, 0.25) is 0 Å². The van der Waals surface area contributed by atoms with Crippen LogP contribution in [0, 0.1) is 0 Å². The maximum atomic E-state index is 12.3. The van der Waals surface area contributed by atoms with Gasteiger partial charge in [0.15, 0.2) is 0 Å². The third kappa shape index (κ3) is 5.86. The van der Waals surface area contributed by atoms with E-state index in [1.165, 1.54) is 11.1 Å². The first kappa shape index (κ1) is 20.0. The fraction of sp³-hybridized carbons (Fsp3) is 0.524. The van der Waals surface area contributed by atoms with Gasteiger partial charge in [-0.05, 0) is 31.4 Å². The number of thiazole rings is 1. The molecule has 6 heteroatoms. The molecule has 1 N–H and O–H groups in total. The van der Waals surface area contributed by atoms with Crippen molar-refractivity contribution in [3.63, 3.8) is 0 Å². The summed E-state index contributed by atoms with van der Waals surface area (Å²) in [6.07, 6.45) is 1.77. The molecule has 1 fully saturated rings. The molecule has 1 aromatic carbocycles. The van der Waals surface area contributed by atoms with Gasteiger partial charge in [-0.15, -0.1) is 11.3 Å². The van der Waals surface area contributed by atoms with Gasteiger partial charge in [-0.3, -0.25) is 9.69 Å². The molecule has 2 heterocycles. The minimum absolute atomic E-state index is 0.0198. The van der Waals surface area contributed by atoms with Crippen LogP contribution >= 0.6 is 11.3 Å². The molecule has 1 aliphatic rings. The number of hydrogen-bond acceptors (Lipinski definition) is 5. The van der Waals surface area contributed by atoms with E-state index in [4.69, 9.17) is 4.74 Å². The van der Waals surface area contributed by atoms with Crippen molar-refractivity contribution >= 4 is 17.2 Å². The van der Waals surface area contributed by atoms with Crippen molar-refractivity contribution < 1.29 is 9.53 Å². The van der Waals surface area contributed by atoms with Crippen molar-refractivity contribution in [1.82, 2.24) is 15.2 Å². The highest BCUT2D eigenvalue weighted by atomic mass is 32.1. The predicted octanol–water partition coefficient (Wildman–Crippen LogP) is 3.17. The number of nitrogens with one attached hydrogen (secondary N) is 1. The number of hydrogen-bond donors (Lipinski definition) is 1. The Morgan fingerprint density at radius 2 is 1.96 bits per heavy atom. The summed E-state index contributed by atoms with van der Waals surface area (Å²) in [5.41, 5.74) is 3.30. The van der Waals surface area contributed by atoms with Crippen LogP contribution in [0.1, 0.15) is 42.6 Å². The number of nitrogens with zero attached hydrogens (tertiary/aromatic N) is 2. The standard InChI is InChI=1S/C21H29N3O2S/c1-4-21-23-19(14-27-21)9-20(25)22-10-17-7-5-6-8-18(17)13-24-11-15(2)26-16(3)12-24/h5-8,14-16H,4,9-13H2,1-3H3,(H,22,25)/t15-,16-/m0/s1. The van der Waals surface area contributed by atoms with E-state index in [0.29, 0.717) is 13.0 Å². The maximum absolute atomic E-state index is 12.3. The van der Waals surface area contributed by atoms with E-state index in [0.717, 1.165) is 36.8 Å². The number of amides is 1. The summed E-state index contributed by atoms with van der Waals surface area (Å²) in [4.78, 5) is 19.2. The molecule has 2 aromatic rings. The lowest BCUT2D eigenvalue weighted by molar-refractivity contribution is -0.120. The highest BCUT2D eigenvalue weighted by Crippen LogP contribution is 2.17. The van der Waals surface area contributed by atoms with Gasteiger partial charge in [-0.2, -0.15) is 0 Å². The highest BCUT2D eigenvalue weighted by molar-refractivity contribution is 7.09. The summed E-state index contributed by atoms with van der Waals surface area (Å²) in [6, 6.07) is 8.35. The van der Waals surface area contributed by atoms with Crippen molar-refractivity contribution in [2.45, 2.75) is 58.9 Å². The van der Waals surface area contributed by atoms with Gasteiger partial charge in [0.05, 0.1) is 29.3 Å². The molecular weight excluding hydrogens is 358 g/mol. The Labute approximate surface area is 165 Å². The van der Waals surface area contributed by atoms with Gasteiger partial charge < -0.3 is 10.1 Å². The summed E-state index contributed by atoms with van der Waals surface area (Å²) in [5, 5.41) is 6.11. The van der Waals surface area contributed by atoms with Crippen LogP contribution in [-0.2, 0) is 35.5 Å². The van der Waals surface area contributed by atoms with E-state index in [1.807, 2.05) is 11.4 Å². The van der Waals surface area contributed by atoms with Crippen molar-refractivity contribution in [1.29, 1.82) is 0 Å². The number of carbonyl (C=O) groups is 1. The summed E-state index contributed by atoms with van der Waals surface area (Å²) in [7, 11) is 0. The third-order valence-electron chi connectivity index (χ3n) is 4.73. The Bertz CT molecular complexity index is 751. The molecule has 3 rings (SSSR count). The second kappa shape index (κ2) is 9.44. The second-order valence-corrected chi connectivity index (χ2v) is 8.20. The molecule has 2 atom stereocenters. The van der Waals surface area contributed by atoms with Gasteiger partial charge in [-0.1, -0.05) is 31.2 Å². The van der Waals surface area contributed by atoms with E-state index in [1.54, 1.807) is 11.3 Å². The Kier molecular flexibility index (Phi) is 6.99. The number of aromatic nitrogens is 1. The lowest BCUT2D eigenvalue weighted by atomic mass is 10.1. The van der Waals surface area contributed by atoms with Crippen molar-refractivity contribution in [3.05, 3.63) is 51.5 Å². The molecule has 5 nitrogen and oxygen atoms in total. The second-order valence-electron chi connectivity index (χ2n) is 7.26. The van der Waals surface area contributed by atoms with Crippen LogP contribution in [-0.4, -0.2) is 41.1 Å². The lowest BCUT2D eigenvalue weighted by Gasteiger charge is -2.35. The van der Waals surface area contributed by atoms with Crippen molar-refractivity contribution in [2.24, 2.45) is 0 Å². The van der Waals surface area contributed by atoms with Crippen molar-refractivity contribution in [3.8, 4) is 0 Å². The van der Waals surface area contributed by atoms with E-state index < -0.39 is 0 Å². The Hall–Kier alpha value is -1.76. The summed E-state index contributed by atoms with van der Waals surface area (Å²) in [6.45, 7) is 9.64. The van der Waals surface area contributed by atoms with E-state index in [2.05, 4.69) is 54.2 Å². The molecule has 0 saturated carbocycles. The third-order valence-corrected chi connectivity index (χ3v) is 5.77. The molecule has 27 heavy (non-hydrogen) atoms. The molecule has 1 aromatic heterocycles. The van der Waals surface area contributed by atoms with Gasteiger partial charge in [0.1, 0.15) is 0 Å². The van der Waals surface area contributed by atoms with Gasteiger partial charge >= 0.3 is 0 Å². The zero-order valence-electron chi connectivity index (χ0n) is 16.4. The molecule has 1 amide bonds. The Morgan fingerprint density at radius 1 is 1.26 bits per heavy atom. The van der Waals surface area contributed by atoms with Crippen LogP contribution in [0.25, 0.3) is 0 Å². The molecule has 1 aliphatic heterocycles. The normalized spacial score (nSPS) is 20.6. The first-order valence-electron chi connectivity index (χ1n) is 9.68. The van der Waals surface area contributed by atoms with E-state index in [9.17, 15) is 4.79 Å². The fourth-order valence-electron chi connectivity index (χ4n) is 3.55. The Balaban J connectivity index is 1.56. The summed E-state index contributed by atoms with van der Waals surface area (Å²) >= 11 is 1.62. The molecule has 0 bridgehead atoms. The van der Waals surface area contributed by atoms with E-state index >= 15 is 0 Å². The minimum Gasteiger partial charge on any atom is -0.373 e. The topological polar surface area (TPSA) is 54.5 Å². The smallest absolute Gasteiger partial charge is 0.226 e. The van der Waals surface area contributed by atoms with Gasteiger partial charge in [0, 0.05) is 31.6 Å². The first-order valence-corrected chi connectivity index (χ1v) is 10.6. The lowest BCUT2D eigenvalue weighted by Crippen LogP contribution is -2.45. The molecule has 0 radical (unpaired) electrons. The molecule has 1 saturated heterocycles. The molecule has 0 spiro atoms. The van der Waals surface area contributed by atoms with Crippen LogP contribution in [0.3, 0.4) is 0 Å². The minimum atomic E-state index is 0.0198. The number of rotatable bonds is 7. The zero-order chi connectivity index (χ0) is 19.2. The fourth-order valence-corrected chi connectivity index (χ4v) is 4.30. The van der Waals surface area contributed by atoms with Gasteiger partial charge in [0.25, 0.3) is 0 Å². The number of benzene rings is 1. The number of morpholine rings is 1. The van der Waals surface area contributed by atoms with E-state index in [-0.39, 0.29) is 18.1 Å². The average Bonchev–Trinajstić information content (AvgIpc) is 3.07. The maximum Gasteiger partial charge on any atom is 0.226 e. The van der Waals surface area contributed by atoms with Gasteiger partial charge in [-0.25, -0.2) is 4.98 Å². The monoisotopic (exact) mass is 387 g/mol. The molecular formula is C21H29N3O2S. The molecule has 0 aliphatic carbocycles. The molecule has 146 valence electrons. The SMILES string of the molecule is CCc1nc(CC(=O)NCc2ccccc2CN2C[C@H](C)O[C@@H](C)C2)cs1. The highest BCUT2D eigenvalue weighted by Gasteiger charge is 2.22. The largest absolute Gasteiger partial charge is 0.373 e. The van der Waals surface area contributed by atoms with Crippen LogP contribution in [0.5, 0.6) is 0 Å². The first-order chi connectivity index (χ1) is 13.0. The summed E-state index contributed by atoms with van der Waals surface area (Å²) < 4.78 is 5.83. The number of carbonyl (C=O) groups excluding carboxylic acids is 1. The molecule has 0 unspecified atom stereocenters. The van der Waals surface area contributed by atoms with Crippen LogP contribution < -0.4 is 5.32 Å². The zero-order valence-corrected chi connectivity index (χ0v) is 17.2. The van der Waals surface area contributed by atoms with Crippen LogP contribution in [0.4, 0.5) is 0 Å². The Morgan fingerprint density at radius 3 is 2.63 bits per heavy atom. The average molecular weight is 388 g/mol. The van der Waals surface area contributed by atoms with Gasteiger partial charge in [0.2, 0.25) is 5.91 Å². The van der Waals surface area contributed by atoms with Crippen LogP contribution in [0.15, 0.2) is 29.6 Å². The predicted molar refractivity (Wildman–Crippen MR) is 109 cm³/mol. The van der Waals surface area contributed by atoms with Crippen molar-refractivity contribution in [2.75, 3.05) is 13.1 Å². The quantitative estimate of drug-likeness (QED) is 0.793. The number of ether oxygens (including phenoxy) is 1. The summed E-state index contributed by atoms with van der Waals surface area (Å²) in [5.74, 6) is 0.0198.